The van der Waals surface area contributed by atoms with Crippen molar-refractivity contribution in [3.8, 4) is 0 Å². The van der Waals surface area contributed by atoms with E-state index in [1.54, 1.807) is 12.1 Å². The largest absolute Gasteiger partial charge is 0.368 e. The van der Waals surface area contributed by atoms with Crippen molar-refractivity contribution in [2.24, 2.45) is 4.99 Å². The van der Waals surface area contributed by atoms with E-state index in [0.29, 0.717) is 11.4 Å². The van der Waals surface area contributed by atoms with Gasteiger partial charge in [0.1, 0.15) is 0 Å². The van der Waals surface area contributed by atoms with E-state index < -0.39 is 9.84 Å². The first-order valence-electron chi connectivity index (χ1n) is 10.1. The van der Waals surface area contributed by atoms with E-state index in [2.05, 4.69) is 35.0 Å². The average Bonchev–Trinajstić information content (AvgIpc) is 2.73. The van der Waals surface area contributed by atoms with Crippen LogP contribution in [0.1, 0.15) is 18.1 Å². The fourth-order valence-corrected chi connectivity index (χ4v) is 4.31. The van der Waals surface area contributed by atoms with Crippen LogP contribution < -0.4 is 10.2 Å². The van der Waals surface area contributed by atoms with Crippen LogP contribution in [0, 0.1) is 6.92 Å². The van der Waals surface area contributed by atoms with Crippen molar-refractivity contribution in [3.05, 3.63) is 58.6 Å². The zero-order chi connectivity index (χ0) is 21.7. The molecule has 2 aromatic carbocycles. The third-order valence-electron chi connectivity index (χ3n) is 5.19. The Hall–Kier alpha value is -2.25. The number of halogens is 1. The summed E-state index contributed by atoms with van der Waals surface area (Å²) >= 11 is 6.19. The SMILES string of the molecule is CCNC(=NCc1ccc(S(C)(=O)=O)cc1)N1CCN(c2cc(Cl)ccc2C)CC1. The van der Waals surface area contributed by atoms with Gasteiger partial charge < -0.3 is 15.1 Å². The molecule has 0 amide bonds. The van der Waals surface area contributed by atoms with Crippen LogP contribution in [0.15, 0.2) is 52.4 Å². The van der Waals surface area contributed by atoms with E-state index >= 15 is 0 Å². The molecule has 0 radical (unpaired) electrons. The third-order valence-corrected chi connectivity index (χ3v) is 6.55. The first-order chi connectivity index (χ1) is 14.3. The molecule has 0 unspecified atom stereocenters. The molecule has 1 fully saturated rings. The fraction of sp³-hybridized carbons (Fsp3) is 0.409. The van der Waals surface area contributed by atoms with Gasteiger partial charge in [0.25, 0.3) is 0 Å². The van der Waals surface area contributed by atoms with Crippen molar-refractivity contribution >= 4 is 33.1 Å². The lowest BCUT2D eigenvalue weighted by Crippen LogP contribution is -2.52. The molecular formula is C22H29ClN4O2S. The second-order valence-electron chi connectivity index (χ2n) is 7.49. The van der Waals surface area contributed by atoms with E-state index in [4.69, 9.17) is 16.6 Å². The molecule has 0 aromatic heterocycles. The van der Waals surface area contributed by atoms with Gasteiger partial charge in [-0.15, -0.1) is 0 Å². The minimum Gasteiger partial charge on any atom is -0.368 e. The number of hydrogen-bond donors (Lipinski definition) is 1. The molecule has 3 rings (SSSR count). The van der Waals surface area contributed by atoms with E-state index in [-0.39, 0.29) is 0 Å². The Morgan fingerprint density at radius 2 is 1.77 bits per heavy atom. The molecule has 6 nitrogen and oxygen atoms in total. The highest BCUT2D eigenvalue weighted by atomic mass is 35.5. The molecule has 1 aliphatic heterocycles. The van der Waals surface area contributed by atoms with Crippen molar-refractivity contribution in [3.63, 3.8) is 0 Å². The Bertz CT molecular complexity index is 998. The van der Waals surface area contributed by atoms with Crippen molar-refractivity contribution in [2.45, 2.75) is 25.3 Å². The van der Waals surface area contributed by atoms with Crippen LogP contribution in [-0.4, -0.2) is 58.3 Å². The van der Waals surface area contributed by atoms with Crippen LogP contribution in [0.5, 0.6) is 0 Å². The molecule has 0 atom stereocenters. The van der Waals surface area contributed by atoms with Gasteiger partial charge in [-0.1, -0.05) is 29.8 Å². The summed E-state index contributed by atoms with van der Waals surface area (Å²) in [7, 11) is -3.18. The van der Waals surface area contributed by atoms with Gasteiger partial charge in [-0.05, 0) is 49.2 Å². The number of nitrogens with one attached hydrogen (secondary N) is 1. The monoisotopic (exact) mass is 448 g/mol. The third kappa shape index (κ3) is 5.67. The minimum absolute atomic E-state index is 0.328. The molecular weight excluding hydrogens is 420 g/mol. The number of nitrogens with zero attached hydrogens (tertiary/aromatic N) is 3. The summed E-state index contributed by atoms with van der Waals surface area (Å²) in [6.07, 6.45) is 1.22. The predicted octanol–water partition coefficient (Wildman–Crippen LogP) is 3.34. The highest BCUT2D eigenvalue weighted by Gasteiger charge is 2.21. The van der Waals surface area contributed by atoms with Gasteiger partial charge in [0, 0.05) is 49.7 Å². The second-order valence-corrected chi connectivity index (χ2v) is 9.94. The second kappa shape index (κ2) is 9.71. The Kier molecular flexibility index (Phi) is 7.26. The number of rotatable bonds is 5. The Morgan fingerprint density at radius 3 is 2.37 bits per heavy atom. The first-order valence-corrected chi connectivity index (χ1v) is 12.4. The van der Waals surface area contributed by atoms with Crippen LogP contribution in [0.2, 0.25) is 5.02 Å². The molecule has 0 saturated carbocycles. The standard InChI is InChI=1S/C22H29ClN4O2S/c1-4-24-22(25-16-18-6-9-20(10-7-18)30(3,28)29)27-13-11-26(12-14-27)21-15-19(23)8-5-17(21)2/h5-10,15H,4,11-14,16H2,1-3H3,(H,24,25). The minimum atomic E-state index is -3.18. The highest BCUT2D eigenvalue weighted by Crippen LogP contribution is 2.25. The van der Waals surface area contributed by atoms with E-state index in [1.165, 1.54) is 17.5 Å². The molecule has 0 spiro atoms. The van der Waals surface area contributed by atoms with Gasteiger partial charge in [-0.2, -0.15) is 0 Å². The topological polar surface area (TPSA) is 65.0 Å². The fourth-order valence-electron chi connectivity index (χ4n) is 3.52. The van der Waals surface area contributed by atoms with Crippen molar-refractivity contribution in [2.75, 3.05) is 43.9 Å². The molecule has 1 aliphatic rings. The summed E-state index contributed by atoms with van der Waals surface area (Å²) in [5, 5.41) is 4.13. The Morgan fingerprint density at radius 1 is 1.10 bits per heavy atom. The summed E-state index contributed by atoms with van der Waals surface area (Å²) in [5.41, 5.74) is 3.40. The number of hydrogen-bond acceptors (Lipinski definition) is 4. The molecule has 1 heterocycles. The zero-order valence-corrected chi connectivity index (χ0v) is 19.3. The molecule has 162 valence electrons. The Balaban J connectivity index is 1.66. The lowest BCUT2D eigenvalue weighted by Gasteiger charge is -2.38. The number of piperazine rings is 1. The molecule has 1 saturated heterocycles. The lowest BCUT2D eigenvalue weighted by atomic mass is 10.1. The average molecular weight is 449 g/mol. The van der Waals surface area contributed by atoms with Crippen LogP contribution in [0.25, 0.3) is 0 Å². The molecule has 1 N–H and O–H groups in total. The predicted molar refractivity (Wildman–Crippen MR) is 124 cm³/mol. The maximum Gasteiger partial charge on any atom is 0.194 e. The van der Waals surface area contributed by atoms with Crippen LogP contribution in [0.3, 0.4) is 0 Å². The highest BCUT2D eigenvalue weighted by molar-refractivity contribution is 7.90. The molecule has 0 aliphatic carbocycles. The van der Waals surface area contributed by atoms with Gasteiger partial charge in [-0.25, -0.2) is 13.4 Å². The van der Waals surface area contributed by atoms with Gasteiger partial charge in [-0.3, -0.25) is 0 Å². The quantitative estimate of drug-likeness (QED) is 0.561. The van der Waals surface area contributed by atoms with Gasteiger partial charge in [0.05, 0.1) is 11.4 Å². The lowest BCUT2D eigenvalue weighted by molar-refractivity contribution is 0.372. The van der Waals surface area contributed by atoms with Crippen molar-refractivity contribution in [1.82, 2.24) is 10.2 Å². The van der Waals surface area contributed by atoms with Gasteiger partial charge >= 0.3 is 0 Å². The number of guanidine groups is 1. The van der Waals surface area contributed by atoms with E-state index in [9.17, 15) is 8.42 Å². The number of aliphatic imine (C=N–C) groups is 1. The van der Waals surface area contributed by atoms with Gasteiger partial charge in [0.2, 0.25) is 0 Å². The van der Waals surface area contributed by atoms with E-state index in [1.807, 2.05) is 24.3 Å². The maximum absolute atomic E-state index is 11.6. The first kappa shape index (κ1) is 22.4. The molecule has 8 heteroatoms. The summed E-state index contributed by atoms with van der Waals surface area (Å²) in [5.74, 6) is 0.882. The number of anilines is 1. The molecule has 30 heavy (non-hydrogen) atoms. The van der Waals surface area contributed by atoms with Crippen LogP contribution in [-0.2, 0) is 16.4 Å². The van der Waals surface area contributed by atoms with Gasteiger partial charge in [0.15, 0.2) is 15.8 Å². The van der Waals surface area contributed by atoms with E-state index in [0.717, 1.165) is 49.3 Å². The zero-order valence-electron chi connectivity index (χ0n) is 17.7. The van der Waals surface area contributed by atoms with Crippen molar-refractivity contribution in [1.29, 1.82) is 0 Å². The number of benzene rings is 2. The normalized spacial score (nSPS) is 15.4. The summed E-state index contributed by atoms with van der Waals surface area (Å²) in [4.78, 5) is 9.73. The summed E-state index contributed by atoms with van der Waals surface area (Å²) in [6, 6.07) is 12.9. The maximum atomic E-state index is 11.6. The Labute approximate surface area is 184 Å². The number of aryl methyl sites for hydroxylation is 1. The molecule has 2 aromatic rings. The summed E-state index contributed by atoms with van der Waals surface area (Å²) in [6.45, 7) is 8.99. The van der Waals surface area contributed by atoms with Crippen LogP contribution >= 0.6 is 11.6 Å². The van der Waals surface area contributed by atoms with Crippen molar-refractivity contribution < 1.29 is 8.42 Å². The smallest absolute Gasteiger partial charge is 0.194 e. The number of sulfone groups is 1. The summed E-state index contributed by atoms with van der Waals surface area (Å²) < 4.78 is 23.2. The van der Waals surface area contributed by atoms with Crippen LogP contribution in [0.4, 0.5) is 5.69 Å². The molecule has 0 bridgehead atoms.